The van der Waals surface area contributed by atoms with Gasteiger partial charge in [0.2, 0.25) is 5.91 Å². The predicted octanol–water partition coefficient (Wildman–Crippen LogP) is 5.61. The number of nitrogens with one attached hydrogen (secondary N) is 1. The van der Waals surface area contributed by atoms with Crippen molar-refractivity contribution in [2.24, 2.45) is 7.05 Å². The van der Waals surface area contributed by atoms with Gasteiger partial charge in [0.1, 0.15) is 12.2 Å². The fourth-order valence-corrected chi connectivity index (χ4v) is 6.91. The molecule has 0 radical (unpaired) electrons. The van der Waals surface area contributed by atoms with Crippen LogP contribution < -0.4 is 15.2 Å². The monoisotopic (exact) mass is 598 g/mol. The highest BCUT2D eigenvalue weighted by Crippen LogP contribution is 2.26. The molecule has 10 heteroatoms. The number of hydrogen-bond donors (Lipinski definition) is 1. The Labute approximate surface area is 249 Å². The number of para-hydroxylation sites is 1. The first kappa shape index (κ1) is 29.0. The van der Waals surface area contributed by atoms with Crippen LogP contribution >= 0.6 is 11.8 Å². The van der Waals surface area contributed by atoms with Crippen molar-refractivity contribution < 1.29 is 13.2 Å². The van der Waals surface area contributed by atoms with Crippen LogP contribution in [0.5, 0.6) is 0 Å². The van der Waals surface area contributed by atoms with Crippen molar-refractivity contribution in [1.29, 1.82) is 0 Å². The van der Waals surface area contributed by atoms with Crippen LogP contribution in [0.15, 0.2) is 130 Å². The number of carbonyl (C=O) groups is 1. The van der Waals surface area contributed by atoms with Gasteiger partial charge in [-0.15, -0.1) is 11.8 Å². The number of carbonyl (C=O) groups excluding carboxylic acids is 1. The van der Waals surface area contributed by atoms with Crippen LogP contribution in [0.1, 0.15) is 11.3 Å². The first-order chi connectivity index (χ1) is 20.3. The van der Waals surface area contributed by atoms with Crippen LogP contribution in [0.2, 0.25) is 0 Å². The van der Waals surface area contributed by atoms with Gasteiger partial charge in [-0.3, -0.25) is 14.3 Å². The molecule has 5 aromatic rings. The molecular formula is C32H30N4O4S2. The Hall–Kier alpha value is -4.54. The molecule has 1 aromatic heterocycles. The third kappa shape index (κ3) is 6.19. The van der Waals surface area contributed by atoms with Crippen molar-refractivity contribution >= 4 is 39.1 Å². The maximum atomic E-state index is 13.9. The second-order valence-electron chi connectivity index (χ2n) is 9.58. The van der Waals surface area contributed by atoms with E-state index in [0.717, 1.165) is 20.5 Å². The summed E-state index contributed by atoms with van der Waals surface area (Å²) in [4.78, 5) is 28.2. The van der Waals surface area contributed by atoms with E-state index in [1.807, 2.05) is 36.4 Å². The average molecular weight is 599 g/mol. The summed E-state index contributed by atoms with van der Waals surface area (Å²) in [6, 6.07) is 34.2. The van der Waals surface area contributed by atoms with Crippen LogP contribution in [0.25, 0.3) is 5.69 Å². The summed E-state index contributed by atoms with van der Waals surface area (Å²) in [6.45, 7) is 1.07. The summed E-state index contributed by atoms with van der Waals surface area (Å²) in [5.74, 6) is 0.192. The van der Waals surface area contributed by atoms with Gasteiger partial charge in [0.25, 0.3) is 15.6 Å². The number of benzene rings is 4. The van der Waals surface area contributed by atoms with E-state index in [9.17, 15) is 18.0 Å². The predicted molar refractivity (Wildman–Crippen MR) is 168 cm³/mol. The Kier molecular flexibility index (Phi) is 8.65. The zero-order valence-electron chi connectivity index (χ0n) is 23.2. The van der Waals surface area contributed by atoms with Crippen LogP contribution in [0.4, 0.5) is 11.4 Å². The smallest absolute Gasteiger partial charge is 0.296 e. The SMILES string of the molecule is Cc1c(N(CC(=O)Nc2ccc(CSc3ccccc3)cc2)S(=O)(=O)c2ccccc2)c(=O)n(-c2ccccc2)n1C. The minimum atomic E-state index is -4.27. The number of aromatic nitrogens is 2. The molecule has 42 heavy (non-hydrogen) atoms. The van der Waals surface area contributed by atoms with E-state index < -0.39 is 28.0 Å². The zero-order chi connectivity index (χ0) is 29.7. The highest BCUT2D eigenvalue weighted by atomic mass is 32.2. The van der Waals surface area contributed by atoms with E-state index in [1.165, 1.54) is 16.8 Å². The van der Waals surface area contributed by atoms with E-state index in [1.54, 1.807) is 85.0 Å². The van der Waals surface area contributed by atoms with Gasteiger partial charge in [0, 0.05) is 23.4 Å². The molecule has 0 saturated carbocycles. The van der Waals surface area contributed by atoms with E-state index in [0.29, 0.717) is 17.1 Å². The van der Waals surface area contributed by atoms with E-state index in [-0.39, 0.29) is 10.6 Å². The second-order valence-corrected chi connectivity index (χ2v) is 12.5. The third-order valence-corrected chi connectivity index (χ3v) is 9.62. The molecule has 1 heterocycles. The van der Waals surface area contributed by atoms with Crippen LogP contribution in [0, 0.1) is 6.92 Å². The second kappa shape index (κ2) is 12.5. The molecule has 8 nitrogen and oxygen atoms in total. The van der Waals surface area contributed by atoms with Crippen LogP contribution in [-0.4, -0.2) is 30.2 Å². The molecule has 0 atom stereocenters. The van der Waals surface area contributed by atoms with Crippen molar-refractivity contribution in [3.05, 3.63) is 137 Å². The Morgan fingerprint density at radius 2 is 1.40 bits per heavy atom. The number of sulfonamides is 1. The number of hydrogen-bond acceptors (Lipinski definition) is 5. The summed E-state index contributed by atoms with van der Waals surface area (Å²) in [5.41, 5.74) is 1.94. The topological polar surface area (TPSA) is 93.4 Å². The van der Waals surface area contributed by atoms with Crippen molar-refractivity contribution in [2.45, 2.75) is 22.5 Å². The molecule has 0 spiro atoms. The summed E-state index contributed by atoms with van der Waals surface area (Å²) in [7, 11) is -2.59. The number of amides is 1. The Bertz CT molecular complexity index is 1840. The molecule has 5 rings (SSSR count). The molecule has 0 aliphatic rings. The molecule has 0 fully saturated rings. The standard InChI is InChI=1S/C32H30N4O4S2/c1-24-31(32(38)36(34(24)2)27-12-6-3-7-13-27)35(42(39,40)29-16-10-5-11-17-29)22-30(37)33-26-20-18-25(19-21-26)23-41-28-14-8-4-9-15-28/h3-21H,22-23H2,1-2H3,(H,33,37). The van der Waals surface area contributed by atoms with Gasteiger partial charge in [-0.05, 0) is 61.0 Å². The summed E-state index contributed by atoms with van der Waals surface area (Å²) in [6.07, 6.45) is 0. The van der Waals surface area contributed by atoms with Gasteiger partial charge in [0.15, 0.2) is 0 Å². The van der Waals surface area contributed by atoms with Crippen LogP contribution in [0.3, 0.4) is 0 Å². The van der Waals surface area contributed by atoms with Gasteiger partial charge in [-0.25, -0.2) is 17.4 Å². The lowest BCUT2D eigenvalue weighted by molar-refractivity contribution is -0.114. The lowest BCUT2D eigenvalue weighted by Crippen LogP contribution is -2.41. The van der Waals surface area contributed by atoms with Crippen LogP contribution in [-0.2, 0) is 27.6 Å². The first-order valence-corrected chi connectivity index (χ1v) is 15.7. The van der Waals surface area contributed by atoms with E-state index in [2.05, 4.69) is 17.4 Å². The Morgan fingerprint density at radius 3 is 2.02 bits per heavy atom. The summed E-state index contributed by atoms with van der Waals surface area (Å²) < 4.78 is 31.7. The molecule has 0 saturated heterocycles. The normalized spacial score (nSPS) is 11.3. The molecule has 0 unspecified atom stereocenters. The molecule has 0 bridgehead atoms. The molecular weight excluding hydrogens is 569 g/mol. The fourth-order valence-electron chi connectivity index (χ4n) is 4.54. The molecule has 214 valence electrons. The largest absolute Gasteiger partial charge is 0.325 e. The van der Waals surface area contributed by atoms with Crippen molar-refractivity contribution in [3.63, 3.8) is 0 Å². The fraction of sp³-hybridized carbons (Fsp3) is 0.125. The van der Waals surface area contributed by atoms with E-state index >= 15 is 0 Å². The minimum absolute atomic E-state index is 0.0213. The molecule has 0 aliphatic carbocycles. The lowest BCUT2D eigenvalue weighted by atomic mass is 10.2. The lowest BCUT2D eigenvalue weighted by Gasteiger charge is -2.23. The summed E-state index contributed by atoms with van der Waals surface area (Å²) in [5, 5.41) is 2.79. The van der Waals surface area contributed by atoms with E-state index in [4.69, 9.17) is 0 Å². The molecule has 1 amide bonds. The first-order valence-electron chi connectivity index (χ1n) is 13.2. The summed E-state index contributed by atoms with van der Waals surface area (Å²) >= 11 is 1.71. The number of nitrogens with zero attached hydrogens (tertiary/aromatic N) is 3. The molecule has 1 N–H and O–H groups in total. The van der Waals surface area contributed by atoms with Crippen molar-refractivity contribution in [3.8, 4) is 5.69 Å². The van der Waals surface area contributed by atoms with Gasteiger partial charge in [-0.1, -0.05) is 66.7 Å². The zero-order valence-corrected chi connectivity index (χ0v) is 24.8. The van der Waals surface area contributed by atoms with Gasteiger partial charge in [-0.2, -0.15) is 0 Å². The number of rotatable bonds is 10. The quantitative estimate of drug-likeness (QED) is 0.211. The number of anilines is 2. The van der Waals surface area contributed by atoms with Crippen molar-refractivity contribution in [1.82, 2.24) is 9.36 Å². The number of thioether (sulfide) groups is 1. The molecule has 4 aromatic carbocycles. The van der Waals surface area contributed by atoms with Gasteiger partial charge < -0.3 is 5.32 Å². The third-order valence-electron chi connectivity index (χ3n) is 6.78. The van der Waals surface area contributed by atoms with Gasteiger partial charge in [0.05, 0.1) is 16.3 Å². The van der Waals surface area contributed by atoms with Crippen molar-refractivity contribution in [2.75, 3.05) is 16.2 Å². The Balaban J connectivity index is 1.42. The average Bonchev–Trinajstić information content (AvgIpc) is 3.23. The van der Waals surface area contributed by atoms with Gasteiger partial charge >= 0.3 is 0 Å². The Morgan fingerprint density at radius 1 is 0.833 bits per heavy atom. The molecule has 0 aliphatic heterocycles. The highest BCUT2D eigenvalue weighted by Gasteiger charge is 2.33. The minimum Gasteiger partial charge on any atom is -0.325 e. The maximum Gasteiger partial charge on any atom is 0.296 e. The highest BCUT2D eigenvalue weighted by molar-refractivity contribution is 7.98. The maximum absolute atomic E-state index is 13.9.